The quantitative estimate of drug-likeness (QED) is 0.791. The first-order valence-electron chi connectivity index (χ1n) is 7.57. The predicted molar refractivity (Wildman–Crippen MR) is 87.2 cm³/mol. The molecule has 0 spiro atoms. The van der Waals surface area contributed by atoms with E-state index in [0.29, 0.717) is 5.92 Å². The van der Waals surface area contributed by atoms with Crippen molar-refractivity contribution in [3.05, 3.63) is 39.3 Å². The van der Waals surface area contributed by atoms with E-state index in [9.17, 15) is 14.4 Å². The summed E-state index contributed by atoms with van der Waals surface area (Å²) in [4.78, 5) is 39.4. The molecule has 9 heteroatoms. The van der Waals surface area contributed by atoms with Crippen molar-refractivity contribution >= 4 is 28.3 Å². The molecule has 1 fully saturated rings. The van der Waals surface area contributed by atoms with E-state index in [1.165, 1.54) is 11.4 Å². The van der Waals surface area contributed by atoms with Crippen LogP contribution in [0, 0.1) is 0 Å². The number of rotatable bonds is 6. The maximum atomic E-state index is 12.1. The molecule has 1 aliphatic carbocycles. The molecule has 0 unspecified atom stereocenters. The number of aromatic nitrogens is 3. The summed E-state index contributed by atoms with van der Waals surface area (Å²) in [7, 11) is 0. The van der Waals surface area contributed by atoms with Gasteiger partial charge in [0.2, 0.25) is 5.91 Å². The zero-order valence-corrected chi connectivity index (χ0v) is 13.8. The Labute approximate surface area is 141 Å². The molecule has 8 nitrogen and oxygen atoms in total. The van der Waals surface area contributed by atoms with E-state index in [1.54, 1.807) is 13.0 Å². The minimum absolute atomic E-state index is 0.142. The van der Waals surface area contributed by atoms with E-state index in [4.69, 9.17) is 4.74 Å². The van der Waals surface area contributed by atoms with Gasteiger partial charge in [-0.3, -0.25) is 9.59 Å². The van der Waals surface area contributed by atoms with Gasteiger partial charge >= 0.3 is 5.97 Å². The number of nitrogens with zero attached hydrogens (tertiary/aromatic N) is 3. The Morgan fingerprint density at radius 3 is 2.92 bits per heavy atom. The van der Waals surface area contributed by atoms with Crippen molar-refractivity contribution in [3.8, 4) is 0 Å². The highest BCUT2D eigenvalue weighted by Crippen LogP contribution is 2.38. The van der Waals surface area contributed by atoms with Crippen molar-refractivity contribution in [1.82, 2.24) is 14.8 Å². The van der Waals surface area contributed by atoms with Crippen molar-refractivity contribution in [2.45, 2.75) is 32.2 Å². The van der Waals surface area contributed by atoms with Crippen LogP contribution in [-0.2, 0) is 16.1 Å². The van der Waals surface area contributed by atoms with Gasteiger partial charge in [0.1, 0.15) is 6.54 Å². The summed E-state index contributed by atoms with van der Waals surface area (Å²) in [5.41, 5.74) is 0.644. The molecule has 2 heterocycles. The van der Waals surface area contributed by atoms with Gasteiger partial charge in [-0.25, -0.2) is 14.5 Å². The van der Waals surface area contributed by atoms with Gasteiger partial charge in [0, 0.05) is 17.4 Å². The SMILES string of the molecule is CCOC(=O)c1csc(NC(=O)Cn2nc(C3CC3)ccc2=O)n1. The van der Waals surface area contributed by atoms with Crippen molar-refractivity contribution < 1.29 is 14.3 Å². The van der Waals surface area contributed by atoms with Gasteiger partial charge in [0.15, 0.2) is 10.8 Å². The van der Waals surface area contributed by atoms with E-state index >= 15 is 0 Å². The first-order valence-corrected chi connectivity index (χ1v) is 8.45. The number of anilines is 1. The number of amides is 1. The number of carbonyl (C=O) groups is 2. The highest BCUT2D eigenvalue weighted by atomic mass is 32.1. The Kier molecular flexibility index (Phi) is 4.70. The zero-order valence-electron chi connectivity index (χ0n) is 13.0. The van der Waals surface area contributed by atoms with Crippen molar-refractivity contribution in [2.75, 3.05) is 11.9 Å². The third kappa shape index (κ3) is 3.85. The zero-order chi connectivity index (χ0) is 17.1. The van der Waals surface area contributed by atoms with E-state index in [1.807, 2.05) is 0 Å². The van der Waals surface area contributed by atoms with E-state index < -0.39 is 11.9 Å². The largest absolute Gasteiger partial charge is 0.461 e. The predicted octanol–water partition coefficient (Wildman–Crippen LogP) is 1.39. The third-order valence-corrected chi connectivity index (χ3v) is 4.17. The van der Waals surface area contributed by atoms with Crippen LogP contribution in [0.3, 0.4) is 0 Å². The Morgan fingerprint density at radius 1 is 1.42 bits per heavy atom. The van der Waals surface area contributed by atoms with E-state index in [-0.39, 0.29) is 29.5 Å². The minimum atomic E-state index is -0.538. The molecule has 126 valence electrons. The lowest BCUT2D eigenvalue weighted by atomic mass is 10.3. The van der Waals surface area contributed by atoms with Gasteiger partial charge in [-0.1, -0.05) is 0 Å². The molecule has 1 amide bonds. The molecular formula is C15H16N4O4S. The lowest BCUT2D eigenvalue weighted by molar-refractivity contribution is -0.117. The maximum Gasteiger partial charge on any atom is 0.357 e. The molecule has 24 heavy (non-hydrogen) atoms. The van der Waals surface area contributed by atoms with Gasteiger partial charge in [-0.05, 0) is 25.8 Å². The van der Waals surface area contributed by atoms with Gasteiger partial charge in [0.25, 0.3) is 5.56 Å². The lowest BCUT2D eigenvalue weighted by Gasteiger charge is -2.06. The molecule has 1 N–H and O–H groups in total. The van der Waals surface area contributed by atoms with Crippen LogP contribution in [0.15, 0.2) is 22.3 Å². The van der Waals surface area contributed by atoms with Crippen molar-refractivity contribution in [1.29, 1.82) is 0 Å². The maximum absolute atomic E-state index is 12.1. The second-order valence-corrected chi connectivity index (χ2v) is 6.19. The fourth-order valence-electron chi connectivity index (χ4n) is 2.10. The second kappa shape index (κ2) is 6.91. The summed E-state index contributed by atoms with van der Waals surface area (Å²) < 4.78 is 5.98. The standard InChI is InChI=1S/C15H16N4O4S/c1-2-23-14(22)11-8-24-15(16-11)17-12(20)7-19-13(21)6-5-10(18-19)9-3-4-9/h5-6,8-9H,2-4,7H2,1H3,(H,16,17,20). The number of hydrogen-bond acceptors (Lipinski definition) is 7. The Bertz CT molecular complexity index is 825. The molecular weight excluding hydrogens is 332 g/mol. The number of hydrogen-bond donors (Lipinski definition) is 1. The van der Waals surface area contributed by atoms with Crippen LogP contribution in [0.5, 0.6) is 0 Å². The molecule has 0 saturated heterocycles. The average molecular weight is 348 g/mol. The summed E-state index contributed by atoms with van der Waals surface area (Å²) in [5, 5.41) is 8.56. The summed E-state index contributed by atoms with van der Waals surface area (Å²) in [5.74, 6) is -0.572. The summed E-state index contributed by atoms with van der Waals surface area (Å²) in [6, 6.07) is 3.14. The van der Waals surface area contributed by atoms with E-state index in [0.717, 1.165) is 34.6 Å². The highest BCUT2D eigenvalue weighted by Gasteiger charge is 2.25. The van der Waals surface area contributed by atoms with Gasteiger partial charge < -0.3 is 10.1 Å². The third-order valence-electron chi connectivity index (χ3n) is 3.41. The van der Waals surface area contributed by atoms with Gasteiger partial charge in [-0.15, -0.1) is 11.3 Å². The van der Waals surface area contributed by atoms with E-state index in [2.05, 4.69) is 15.4 Å². The summed E-state index contributed by atoms with van der Waals surface area (Å²) in [6.07, 6.45) is 2.13. The summed E-state index contributed by atoms with van der Waals surface area (Å²) in [6.45, 7) is 1.76. The molecule has 3 rings (SSSR count). The minimum Gasteiger partial charge on any atom is -0.461 e. The smallest absolute Gasteiger partial charge is 0.357 e. The molecule has 0 aliphatic heterocycles. The molecule has 1 saturated carbocycles. The molecule has 0 radical (unpaired) electrons. The van der Waals surface area contributed by atoms with Crippen LogP contribution in [0.2, 0.25) is 0 Å². The van der Waals surface area contributed by atoms with Crippen LogP contribution in [0.1, 0.15) is 41.9 Å². The average Bonchev–Trinajstić information content (AvgIpc) is 3.29. The molecule has 2 aromatic heterocycles. The lowest BCUT2D eigenvalue weighted by Crippen LogP contribution is -2.29. The van der Waals surface area contributed by atoms with Crippen molar-refractivity contribution in [3.63, 3.8) is 0 Å². The molecule has 0 atom stereocenters. The van der Waals surface area contributed by atoms with Crippen LogP contribution >= 0.6 is 11.3 Å². The molecule has 0 bridgehead atoms. The number of thiazole rings is 1. The van der Waals surface area contributed by atoms with Crippen LogP contribution in [0.4, 0.5) is 5.13 Å². The molecule has 2 aromatic rings. The first-order chi connectivity index (χ1) is 11.6. The number of nitrogens with one attached hydrogen (secondary N) is 1. The van der Waals surface area contributed by atoms with Crippen LogP contribution in [-0.4, -0.2) is 33.2 Å². The topological polar surface area (TPSA) is 103 Å². The van der Waals surface area contributed by atoms with Crippen molar-refractivity contribution in [2.24, 2.45) is 0 Å². The Morgan fingerprint density at radius 2 is 2.21 bits per heavy atom. The molecule has 1 aliphatic rings. The fraction of sp³-hybridized carbons (Fsp3) is 0.400. The Hall–Kier alpha value is -2.55. The van der Waals surface area contributed by atoms with Crippen LogP contribution < -0.4 is 10.9 Å². The normalized spacial score (nSPS) is 13.5. The number of esters is 1. The van der Waals surface area contributed by atoms with Gasteiger partial charge in [-0.2, -0.15) is 5.10 Å². The van der Waals surface area contributed by atoms with Gasteiger partial charge in [0.05, 0.1) is 12.3 Å². The monoisotopic (exact) mass is 348 g/mol. The summed E-state index contributed by atoms with van der Waals surface area (Å²) >= 11 is 1.11. The number of carbonyl (C=O) groups excluding carboxylic acids is 2. The Balaban J connectivity index is 1.64. The second-order valence-electron chi connectivity index (χ2n) is 5.33. The van der Waals surface area contributed by atoms with Crippen LogP contribution in [0.25, 0.3) is 0 Å². The first kappa shape index (κ1) is 16.3. The fourth-order valence-corrected chi connectivity index (χ4v) is 2.80. The highest BCUT2D eigenvalue weighted by molar-refractivity contribution is 7.14. The number of ether oxygens (including phenoxy) is 1. The molecule has 0 aromatic carbocycles.